The molecular formula is C16H17N3O3. The number of anilines is 1. The molecule has 2 heterocycles. The van der Waals surface area contributed by atoms with Crippen LogP contribution in [0.25, 0.3) is 0 Å². The summed E-state index contributed by atoms with van der Waals surface area (Å²) in [6, 6.07) is 6.40. The van der Waals surface area contributed by atoms with Crippen molar-refractivity contribution in [2.24, 2.45) is 0 Å². The Bertz CT molecular complexity index is 688. The SMILES string of the molecule is O=C(O)c1nccnc1NCCc1ccc2c(c1)CCOC2. The van der Waals surface area contributed by atoms with Gasteiger partial charge in [0.25, 0.3) is 0 Å². The maximum atomic E-state index is 11.1. The van der Waals surface area contributed by atoms with Crippen LogP contribution in [0.2, 0.25) is 0 Å². The van der Waals surface area contributed by atoms with Gasteiger partial charge in [0.1, 0.15) is 0 Å². The molecule has 3 rings (SSSR count). The van der Waals surface area contributed by atoms with Crippen LogP contribution in [-0.4, -0.2) is 34.2 Å². The van der Waals surface area contributed by atoms with Crippen LogP contribution >= 0.6 is 0 Å². The van der Waals surface area contributed by atoms with Crippen molar-refractivity contribution < 1.29 is 14.6 Å². The van der Waals surface area contributed by atoms with Crippen LogP contribution in [0.4, 0.5) is 5.82 Å². The molecule has 0 saturated carbocycles. The van der Waals surface area contributed by atoms with Crippen LogP contribution in [0.5, 0.6) is 0 Å². The second kappa shape index (κ2) is 6.53. The summed E-state index contributed by atoms with van der Waals surface area (Å²) >= 11 is 0. The van der Waals surface area contributed by atoms with Crippen molar-refractivity contribution in [2.45, 2.75) is 19.4 Å². The summed E-state index contributed by atoms with van der Waals surface area (Å²) in [5.74, 6) is -0.772. The first kappa shape index (κ1) is 14.5. The summed E-state index contributed by atoms with van der Waals surface area (Å²) < 4.78 is 5.43. The van der Waals surface area contributed by atoms with Gasteiger partial charge >= 0.3 is 5.97 Å². The van der Waals surface area contributed by atoms with Gasteiger partial charge in [0.2, 0.25) is 0 Å². The first-order chi connectivity index (χ1) is 10.7. The van der Waals surface area contributed by atoms with Crippen molar-refractivity contribution >= 4 is 11.8 Å². The third-order valence-electron chi connectivity index (χ3n) is 3.65. The lowest BCUT2D eigenvalue weighted by Crippen LogP contribution is -2.13. The number of carboxylic acids is 1. The number of hydrogen-bond donors (Lipinski definition) is 2. The molecule has 2 aromatic rings. The third kappa shape index (κ3) is 3.23. The Kier molecular flexibility index (Phi) is 4.29. The highest BCUT2D eigenvalue weighted by atomic mass is 16.5. The van der Waals surface area contributed by atoms with Gasteiger partial charge in [-0.25, -0.2) is 14.8 Å². The van der Waals surface area contributed by atoms with Gasteiger partial charge in [-0.15, -0.1) is 0 Å². The van der Waals surface area contributed by atoms with Crippen LogP contribution in [0, 0.1) is 0 Å². The number of carboxylic acid groups (broad SMARTS) is 1. The van der Waals surface area contributed by atoms with Gasteiger partial charge in [-0.1, -0.05) is 18.2 Å². The van der Waals surface area contributed by atoms with E-state index in [1.807, 2.05) is 0 Å². The first-order valence-corrected chi connectivity index (χ1v) is 7.20. The summed E-state index contributed by atoms with van der Waals surface area (Å²) in [6.45, 7) is 2.07. The molecule has 0 spiro atoms. The molecule has 22 heavy (non-hydrogen) atoms. The quantitative estimate of drug-likeness (QED) is 0.877. The van der Waals surface area contributed by atoms with E-state index in [9.17, 15) is 4.79 Å². The Morgan fingerprint density at radius 2 is 2.14 bits per heavy atom. The number of nitrogens with one attached hydrogen (secondary N) is 1. The average molecular weight is 299 g/mol. The summed E-state index contributed by atoms with van der Waals surface area (Å²) in [4.78, 5) is 18.9. The fourth-order valence-corrected chi connectivity index (χ4v) is 2.52. The zero-order chi connectivity index (χ0) is 15.4. The topological polar surface area (TPSA) is 84.3 Å². The second-order valence-corrected chi connectivity index (χ2v) is 5.14. The molecule has 0 aliphatic carbocycles. The van der Waals surface area contributed by atoms with E-state index in [0.717, 1.165) is 19.4 Å². The van der Waals surface area contributed by atoms with E-state index >= 15 is 0 Å². The highest BCUT2D eigenvalue weighted by Crippen LogP contribution is 2.18. The number of hydrogen-bond acceptors (Lipinski definition) is 5. The lowest BCUT2D eigenvalue weighted by Gasteiger charge is -2.17. The molecule has 0 atom stereocenters. The van der Waals surface area contributed by atoms with Crippen molar-refractivity contribution in [1.29, 1.82) is 0 Å². The largest absolute Gasteiger partial charge is 0.476 e. The van der Waals surface area contributed by atoms with E-state index in [2.05, 4.69) is 33.5 Å². The third-order valence-corrected chi connectivity index (χ3v) is 3.65. The van der Waals surface area contributed by atoms with Crippen LogP contribution < -0.4 is 5.32 Å². The Morgan fingerprint density at radius 3 is 3.00 bits per heavy atom. The van der Waals surface area contributed by atoms with Crippen molar-refractivity contribution in [3.63, 3.8) is 0 Å². The number of carbonyl (C=O) groups is 1. The molecular weight excluding hydrogens is 282 g/mol. The van der Waals surface area contributed by atoms with Crippen LogP contribution in [0.1, 0.15) is 27.2 Å². The van der Waals surface area contributed by atoms with Crippen molar-refractivity contribution in [3.8, 4) is 0 Å². The van der Waals surface area contributed by atoms with Gasteiger partial charge in [-0.2, -0.15) is 0 Å². The minimum absolute atomic E-state index is 0.0508. The number of rotatable bonds is 5. The second-order valence-electron chi connectivity index (χ2n) is 5.14. The molecule has 0 fully saturated rings. The minimum Gasteiger partial charge on any atom is -0.476 e. The fraction of sp³-hybridized carbons (Fsp3) is 0.312. The molecule has 2 N–H and O–H groups in total. The zero-order valence-corrected chi connectivity index (χ0v) is 12.1. The summed E-state index contributed by atoms with van der Waals surface area (Å²) in [5.41, 5.74) is 3.76. The predicted molar refractivity (Wildman–Crippen MR) is 81.0 cm³/mol. The molecule has 6 nitrogen and oxygen atoms in total. The van der Waals surface area contributed by atoms with E-state index in [0.29, 0.717) is 19.0 Å². The monoisotopic (exact) mass is 299 g/mol. The Labute approximate surface area is 128 Å². The highest BCUT2D eigenvalue weighted by Gasteiger charge is 2.12. The van der Waals surface area contributed by atoms with E-state index < -0.39 is 5.97 Å². The standard InChI is InChI=1S/C16H17N3O3/c20-16(21)14-15(19-7-6-17-14)18-5-3-11-1-2-13-10-22-8-4-12(13)9-11/h1-2,6-7,9H,3-5,8,10H2,(H,18,19)(H,20,21). The van der Waals surface area contributed by atoms with Crippen molar-refractivity contribution in [1.82, 2.24) is 9.97 Å². The van der Waals surface area contributed by atoms with Crippen LogP contribution in [-0.2, 0) is 24.2 Å². The fourth-order valence-electron chi connectivity index (χ4n) is 2.52. The molecule has 0 radical (unpaired) electrons. The summed E-state index contributed by atoms with van der Waals surface area (Å²) in [6.07, 6.45) is 4.60. The molecule has 1 aliphatic rings. The Morgan fingerprint density at radius 1 is 1.27 bits per heavy atom. The summed E-state index contributed by atoms with van der Waals surface area (Å²) in [7, 11) is 0. The maximum Gasteiger partial charge on any atom is 0.358 e. The number of aromatic carboxylic acids is 1. The molecule has 6 heteroatoms. The maximum absolute atomic E-state index is 11.1. The van der Waals surface area contributed by atoms with Gasteiger partial charge in [0, 0.05) is 18.9 Å². The van der Waals surface area contributed by atoms with Gasteiger partial charge in [0.15, 0.2) is 11.5 Å². The zero-order valence-electron chi connectivity index (χ0n) is 12.1. The van der Waals surface area contributed by atoms with Gasteiger partial charge in [-0.3, -0.25) is 0 Å². The van der Waals surface area contributed by atoms with Gasteiger partial charge < -0.3 is 15.2 Å². The van der Waals surface area contributed by atoms with Crippen molar-refractivity contribution in [3.05, 3.63) is 53.0 Å². The Hall–Kier alpha value is -2.47. The number of aromatic nitrogens is 2. The van der Waals surface area contributed by atoms with Crippen LogP contribution in [0.15, 0.2) is 30.6 Å². The first-order valence-electron chi connectivity index (χ1n) is 7.20. The number of fused-ring (bicyclic) bond motifs is 1. The molecule has 1 aromatic carbocycles. The number of benzene rings is 1. The lowest BCUT2D eigenvalue weighted by atomic mass is 9.99. The van der Waals surface area contributed by atoms with E-state index in [1.165, 1.54) is 29.1 Å². The number of nitrogens with zero attached hydrogens (tertiary/aromatic N) is 2. The molecule has 0 saturated heterocycles. The predicted octanol–water partition coefficient (Wildman–Crippen LogP) is 1.90. The van der Waals surface area contributed by atoms with Gasteiger partial charge in [-0.05, 0) is 29.5 Å². The smallest absolute Gasteiger partial charge is 0.358 e. The minimum atomic E-state index is -1.08. The number of ether oxygens (including phenoxy) is 1. The highest BCUT2D eigenvalue weighted by molar-refractivity contribution is 5.90. The van der Waals surface area contributed by atoms with E-state index in [4.69, 9.17) is 9.84 Å². The average Bonchev–Trinajstić information content (AvgIpc) is 2.55. The molecule has 0 unspecified atom stereocenters. The molecule has 1 aliphatic heterocycles. The lowest BCUT2D eigenvalue weighted by molar-refractivity contribution is 0.0691. The molecule has 0 bridgehead atoms. The van der Waals surface area contributed by atoms with Crippen LogP contribution in [0.3, 0.4) is 0 Å². The molecule has 114 valence electrons. The molecule has 1 aromatic heterocycles. The van der Waals surface area contributed by atoms with E-state index in [1.54, 1.807) is 0 Å². The normalized spacial score (nSPS) is 13.5. The van der Waals surface area contributed by atoms with Gasteiger partial charge in [0.05, 0.1) is 13.2 Å². The molecule has 0 amide bonds. The Balaban J connectivity index is 1.63. The van der Waals surface area contributed by atoms with Crippen molar-refractivity contribution in [2.75, 3.05) is 18.5 Å². The summed E-state index contributed by atoms with van der Waals surface area (Å²) in [5, 5.41) is 12.1. The van der Waals surface area contributed by atoms with E-state index in [-0.39, 0.29) is 5.69 Å².